The first-order valence-corrected chi connectivity index (χ1v) is 10.2. The molecule has 2 atom stereocenters. The first-order chi connectivity index (χ1) is 13.0. The molecule has 0 bridgehead atoms. The van der Waals surface area contributed by atoms with E-state index < -0.39 is 5.54 Å². The van der Waals surface area contributed by atoms with Crippen LogP contribution in [0.25, 0.3) is 0 Å². The maximum atomic E-state index is 13.5. The van der Waals surface area contributed by atoms with Gasteiger partial charge in [-0.2, -0.15) is 0 Å². The molecule has 0 radical (unpaired) electrons. The van der Waals surface area contributed by atoms with Gasteiger partial charge in [0.15, 0.2) is 0 Å². The zero-order chi connectivity index (χ0) is 19.3. The Bertz CT molecular complexity index is 602. The Morgan fingerprint density at radius 3 is 2.74 bits per heavy atom. The summed E-state index contributed by atoms with van der Waals surface area (Å²) in [6, 6.07) is 5.58. The SMILES string of the molecule is CC(C)OCCN1CCN(C2(C(=O)c3ccccn3)CCOC(C)C2)CC1. The molecule has 27 heavy (non-hydrogen) atoms. The Morgan fingerprint density at radius 2 is 2.11 bits per heavy atom. The number of hydrogen-bond donors (Lipinski definition) is 0. The van der Waals surface area contributed by atoms with Gasteiger partial charge in [0.05, 0.1) is 24.4 Å². The molecule has 1 aromatic rings. The second-order valence-corrected chi connectivity index (χ2v) is 7.96. The van der Waals surface area contributed by atoms with Crippen LogP contribution in [-0.2, 0) is 9.47 Å². The van der Waals surface area contributed by atoms with E-state index in [-0.39, 0.29) is 18.0 Å². The van der Waals surface area contributed by atoms with E-state index in [1.165, 1.54) is 0 Å². The van der Waals surface area contributed by atoms with Crippen molar-refractivity contribution >= 4 is 5.78 Å². The molecule has 6 heteroatoms. The Balaban J connectivity index is 1.69. The number of aromatic nitrogens is 1. The fraction of sp³-hybridized carbons (Fsp3) is 0.714. The van der Waals surface area contributed by atoms with Crippen molar-refractivity contribution in [3.8, 4) is 0 Å². The summed E-state index contributed by atoms with van der Waals surface area (Å²) in [6.07, 6.45) is 3.54. The number of piperazine rings is 1. The van der Waals surface area contributed by atoms with E-state index in [1.807, 2.05) is 18.2 Å². The number of hydrogen-bond acceptors (Lipinski definition) is 6. The highest BCUT2D eigenvalue weighted by Crippen LogP contribution is 2.34. The van der Waals surface area contributed by atoms with Gasteiger partial charge in [0.2, 0.25) is 5.78 Å². The Kier molecular flexibility index (Phi) is 6.98. The van der Waals surface area contributed by atoms with Gasteiger partial charge in [0, 0.05) is 45.5 Å². The van der Waals surface area contributed by atoms with Crippen LogP contribution in [-0.4, -0.2) is 84.3 Å². The Hall–Kier alpha value is -1.34. The molecule has 0 amide bonds. The van der Waals surface area contributed by atoms with Crippen molar-refractivity contribution in [2.75, 3.05) is 45.9 Å². The predicted molar refractivity (Wildman–Crippen MR) is 105 cm³/mol. The normalized spacial score (nSPS) is 27.8. The second kappa shape index (κ2) is 9.24. The summed E-state index contributed by atoms with van der Waals surface area (Å²) in [4.78, 5) is 22.7. The number of carbonyl (C=O) groups excluding carboxylic acids is 1. The molecule has 2 aliphatic heterocycles. The average Bonchev–Trinajstić information content (AvgIpc) is 2.68. The standard InChI is InChI=1S/C21H33N3O3/c1-17(2)26-15-13-23-9-11-24(12-10-23)21(7-14-27-18(3)16-21)20(25)19-6-4-5-8-22-19/h4-6,8,17-18H,7,9-16H2,1-3H3. The largest absolute Gasteiger partial charge is 0.378 e. The summed E-state index contributed by atoms with van der Waals surface area (Å²) in [5, 5.41) is 0. The van der Waals surface area contributed by atoms with Crippen molar-refractivity contribution in [1.29, 1.82) is 0 Å². The molecule has 2 unspecified atom stereocenters. The number of Topliss-reactive ketones (excluding diaryl/α,β-unsaturated/α-hetero) is 1. The molecule has 1 aromatic heterocycles. The third-order valence-electron chi connectivity index (χ3n) is 5.70. The number of pyridine rings is 1. The Morgan fingerprint density at radius 1 is 1.33 bits per heavy atom. The van der Waals surface area contributed by atoms with Gasteiger partial charge in [0.25, 0.3) is 0 Å². The molecule has 0 spiro atoms. The van der Waals surface area contributed by atoms with Crippen LogP contribution in [0.4, 0.5) is 0 Å². The maximum absolute atomic E-state index is 13.5. The van der Waals surface area contributed by atoms with E-state index in [9.17, 15) is 4.79 Å². The summed E-state index contributed by atoms with van der Waals surface area (Å²) in [6.45, 7) is 12.3. The lowest BCUT2D eigenvalue weighted by atomic mass is 9.79. The third kappa shape index (κ3) is 4.93. The smallest absolute Gasteiger partial charge is 0.201 e. The molecule has 6 nitrogen and oxygen atoms in total. The summed E-state index contributed by atoms with van der Waals surface area (Å²) >= 11 is 0. The van der Waals surface area contributed by atoms with Crippen LogP contribution in [0.2, 0.25) is 0 Å². The van der Waals surface area contributed by atoms with Gasteiger partial charge < -0.3 is 9.47 Å². The number of ether oxygens (including phenoxy) is 2. The minimum absolute atomic E-state index is 0.0869. The lowest BCUT2D eigenvalue weighted by molar-refractivity contribution is -0.0658. The van der Waals surface area contributed by atoms with Gasteiger partial charge in [-0.15, -0.1) is 0 Å². The van der Waals surface area contributed by atoms with Crippen molar-refractivity contribution in [1.82, 2.24) is 14.8 Å². The van der Waals surface area contributed by atoms with Crippen LogP contribution < -0.4 is 0 Å². The van der Waals surface area contributed by atoms with Gasteiger partial charge in [-0.05, 0) is 45.7 Å². The quantitative estimate of drug-likeness (QED) is 0.682. The van der Waals surface area contributed by atoms with Gasteiger partial charge >= 0.3 is 0 Å². The summed E-state index contributed by atoms with van der Waals surface area (Å²) in [5.74, 6) is 0.148. The highest BCUT2D eigenvalue weighted by atomic mass is 16.5. The van der Waals surface area contributed by atoms with Crippen molar-refractivity contribution < 1.29 is 14.3 Å². The summed E-state index contributed by atoms with van der Waals surface area (Å²) in [7, 11) is 0. The second-order valence-electron chi connectivity index (χ2n) is 7.96. The van der Waals surface area contributed by atoms with Crippen LogP contribution in [0, 0.1) is 0 Å². The van der Waals surface area contributed by atoms with Gasteiger partial charge in [-0.25, -0.2) is 0 Å². The topological polar surface area (TPSA) is 54.9 Å². The molecule has 0 saturated carbocycles. The van der Waals surface area contributed by atoms with Crippen LogP contribution in [0.15, 0.2) is 24.4 Å². The molecule has 2 aliphatic rings. The molecule has 3 heterocycles. The molecular weight excluding hydrogens is 342 g/mol. The minimum Gasteiger partial charge on any atom is -0.378 e. The lowest BCUT2D eigenvalue weighted by Gasteiger charge is -2.49. The van der Waals surface area contributed by atoms with E-state index in [2.05, 4.69) is 35.6 Å². The van der Waals surface area contributed by atoms with Gasteiger partial charge in [0.1, 0.15) is 5.69 Å². The zero-order valence-corrected chi connectivity index (χ0v) is 16.9. The van der Waals surface area contributed by atoms with Crippen molar-refractivity contribution in [3.63, 3.8) is 0 Å². The van der Waals surface area contributed by atoms with Crippen LogP contribution in [0.5, 0.6) is 0 Å². The molecule has 0 aromatic carbocycles. The highest BCUT2D eigenvalue weighted by molar-refractivity contribution is 6.01. The number of carbonyl (C=O) groups is 1. The first-order valence-electron chi connectivity index (χ1n) is 10.2. The molecule has 2 fully saturated rings. The van der Waals surface area contributed by atoms with Crippen LogP contribution in [0.1, 0.15) is 44.1 Å². The number of ketones is 1. The highest BCUT2D eigenvalue weighted by Gasteiger charge is 2.48. The lowest BCUT2D eigenvalue weighted by Crippen LogP contribution is -2.63. The summed E-state index contributed by atoms with van der Waals surface area (Å²) in [5.41, 5.74) is 0.0753. The van der Waals surface area contributed by atoms with Gasteiger partial charge in [-0.3, -0.25) is 19.6 Å². The molecule has 0 aliphatic carbocycles. The maximum Gasteiger partial charge on any atom is 0.201 e. The average molecular weight is 376 g/mol. The fourth-order valence-electron chi connectivity index (χ4n) is 4.26. The van der Waals surface area contributed by atoms with Crippen LogP contribution in [0.3, 0.4) is 0 Å². The number of rotatable bonds is 7. The first kappa shape index (κ1) is 20.4. The van der Waals surface area contributed by atoms with Gasteiger partial charge in [-0.1, -0.05) is 6.07 Å². The van der Waals surface area contributed by atoms with E-state index >= 15 is 0 Å². The van der Waals surface area contributed by atoms with E-state index in [4.69, 9.17) is 9.47 Å². The monoisotopic (exact) mass is 375 g/mol. The molecule has 2 saturated heterocycles. The predicted octanol–water partition coefficient (Wildman–Crippen LogP) is 2.24. The van der Waals surface area contributed by atoms with Crippen molar-refractivity contribution in [2.45, 2.75) is 51.4 Å². The molecular formula is C21H33N3O3. The minimum atomic E-state index is -0.494. The number of nitrogens with zero attached hydrogens (tertiary/aromatic N) is 3. The molecule has 150 valence electrons. The van der Waals surface area contributed by atoms with E-state index in [0.717, 1.165) is 52.2 Å². The Labute approximate surface area is 162 Å². The fourth-order valence-corrected chi connectivity index (χ4v) is 4.26. The van der Waals surface area contributed by atoms with Crippen molar-refractivity contribution in [2.24, 2.45) is 0 Å². The van der Waals surface area contributed by atoms with Crippen molar-refractivity contribution in [3.05, 3.63) is 30.1 Å². The van der Waals surface area contributed by atoms with Crippen LogP contribution >= 0.6 is 0 Å². The van der Waals surface area contributed by atoms with E-state index in [1.54, 1.807) is 6.20 Å². The molecule has 3 rings (SSSR count). The van der Waals surface area contributed by atoms with E-state index in [0.29, 0.717) is 12.3 Å². The summed E-state index contributed by atoms with van der Waals surface area (Å²) < 4.78 is 11.5. The zero-order valence-electron chi connectivity index (χ0n) is 16.9. The third-order valence-corrected chi connectivity index (χ3v) is 5.70. The molecule has 0 N–H and O–H groups in total.